The molecule has 1 aromatic carbocycles. The lowest BCUT2D eigenvalue weighted by atomic mass is 10.1. The quantitative estimate of drug-likeness (QED) is 0.653. The minimum atomic E-state index is -0.475. The predicted molar refractivity (Wildman–Crippen MR) is 87.2 cm³/mol. The van der Waals surface area contributed by atoms with Gasteiger partial charge < -0.3 is 22.1 Å². The fourth-order valence-corrected chi connectivity index (χ4v) is 2.48. The van der Waals surface area contributed by atoms with Crippen LogP contribution in [0.15, 0.2) is 24.3 Å². The van der Waals surface area contributed by atoms with Crippen molar-refractivity contribution in [1.29, 1.82) is 0 Å². The Morgan fingerprint density at radius 3 is 2.76 bits per heavy atom. The maximum absolute atomic E-state index is 11.5. The van der Waals surface area contributed by atoms with E-state index in [0.29, 0.717) is 17.8 Å². The van der Waals surface area contributed by atoms with Crippen molar-refractivity contribution in [3.8, 4) is 0 Å². The first-order chi connectivity index (χ1) is 9.95. The fraction of sp³-hybridized carbons (Fsp3) is 0.286. The molecular weight excluding hydrogens is 286 g/mol. The van der Waals surface area contributed by atoms with E-state index in [0.717, 1.165) is 16.4 Å². The van der Waals surface area contributed by atoms with Crippen molar-refractivity contribution < 1.29 is 4.79 Å². The summed E-state index contributed by atoms with van der Waals surface area (Å²) < 4.78 is 4.20. The minimum Gasteiger partial charge on any atom is -0.383 e. The number of hydrogen-bond acceptors (Lipinski definition) is 6. The van der Waals surface area contributed by atoms with Crippen LogP contribution in [0, 0.1) is 6.92 Å². The van der Waals surface area contributed by atoms with Gasteiger partial charge in [-0.05, 0) is 49.6 Å². The summed E-state index contributed by atoms with van der Waals surface area (Å²) in [4.78, 5) is 11.5. The summed E-state index contributed by atoms with van der Waals surface area (Å²) in [5.74, 6) is -0.475. The number of anilines is 3. The van der Waals surface area contributed by atoms with Gasteiger partial charge in [0.2, 0.25) is 0 Å². The van der Waals surface area contributed by atoms with Gasteiger partial charge in [-0.25, -0.2) is 0 Å². The highest BCUT2D eigenvalue weighted by Crippen LogP contribution is 2.27. The van der Waals surface area contributed by atoms with Gasteiger partial charge in [0.1, 0.15) is 5.00 Å². The van der Waals surface area contributed by atoms with Crippen molar-refractivity contribution in [2.75, 3.05) is 17.2 Å². The van der Waals surface area contributed by atoms with Gasteiger partial charge in [-0.2, -0.15) is 4.37 Å². The van der Waals surface area contributed by atoms with Crippen LogP contribution >= 0.6 is 11.5 Å². The molecule has 21 heavy (non-hydrogen) atoms. The topological polar surface area (TPSA) is 106 Å². The average molecular weight is 305 g/mol. The summed E-state index contributed by atoms with van der Waals surface area (Å²) >= 11 is 1.34. The largest absolute Gasteiger partial charge is 0.383 e. The second kappa shape index (κ2) is 6.55. The molecule has 2 aromatic rings. The zero-order chi connectivity index (χ0) is 15.4. The van der Waals surface area contributed by atoms with Crippen LogP contribution in [0.1, 0.15) is 23.0 Å². The summed E-state index contributed by atoms with van der Waals surface area (Å²) in [7, 11) is 0. The zero-order valence-electron chi connectivity index (χ0n) is 12.0. The van der Waals surface area contributed by atoms with Gasteiger partial charge >= 0.3 is 0 Å². The van der Waals surface area contributed by atoms with Gasteiger partial charge in [-0.1, -0.05) is 0 Å². The molecule has 1 heterocycles. The summed E-state index contributed by atoms with van der Waals surface area (Å²) in [6.07, 6.45) is 0. The molecule has 0 fully saturated rings. The first-order valence-electron chi connectivity index (χ1n) is 6.59. The highest BCUT2D eigenvalue weighted by molar-refractivity contribution is 7.10. The van der Waals surface area contributed by atoms with Crippen molar-refractivity contribution in [2.24, 2.45) is 11.5 Å². The molecule has 1 atom stereocenters. The first kappa shape index (κ1) is 15.3. The molecule has 2 rings (SSSR count). The van der Waals surface area contributed by atoms with Crippen molar-refractivity contribution >= 4 is 33.8 Å². The van der Waals surface area contributed by atoms with E-state index < -0.39 is 5.91 Å². The first-order valence-corrected chi connectivity index (χ1v) is 7.36. The van der Waals surface area contributed by atoms with Crippen molar-refractivity contribution in [2.45, 2.75) is 19.9 Å². The Morgan fingerprint density at radius 2 is 2.19 bits per heavy atom. The average Bonchev–Trinajstić information content (AvgIpc) is 2.81. The normalized spacial score (nSPS) is 12.0. The number of hydrogen-bond donors (Lipinski definition) is 4. The van der Waals surface area contributed by atoms with Crippen LogP contribution in [-0.2, 0) is 0 Å². The van der Waals surface area contributed by atoms with Crippen LogP contribution in [0.5, 0.6) is 0 Å². The Morgan fingerprint density at radius 1 is 1.43 bits per heavy atom. The van der Waals surface area contributed by atoms with Crippen LogP contribution in [0.3, 0.4) is 0 Å². The zero-order valence-corrected chi connectivity index (χ0v) is 12.8. The van der Waals surface area contributed by atoms with E-state index in [1.165, 1.54) is 11.5 Å². The highest BCUT2D eigenvalue weighted by Gasteiger charge is 2.11. The minimum absolute atomic E-state index is 0.0429. The van der Waals surface area contributed by atoms with Crippen LogP contribution in [0.2, 0.25) is 0 Å². The molecule has 6 N–H and O–H groups in total. The number of nitrogens with zero attached hydrogens (tertiary/aromatic N) is 1. The van der Waals surface area contributed by atoms with Gasteiger partial charge in [0.15, 0.2) is 0 Å². The second-order valence-corrected chi connectivity index (χ2v) is 5.75. The maximum Gasteiger partial charge on any atom is 0.250 e. The number of carbonyl (C=O) groups is 1. The molecular formula is C14H19N5OS. The van der Waals surface area contributed by atoms with Crippen LogP contribution in [0.25, 0.3) is 0 Å². The third kappa shape index (κ3) is 4.17. The van der Waals surface area contributed by atoms with Gasteiger partial charge in [0, 0.05) is 18.3 Å². The van der Waals surface area contributed by atoms with Gasteiger partial charge in [0.25, 0.3) is 5.91 Å². The lowest BCUT2D eigenvalue weighted by Gasteiger charge is -2.13. The second-order valence-electron chi connectivity index (χ2n) is 4.94. The van der Waals surface area contributed by atoms with E-state index in [-0.39, 0.29) is 6.04 Å². The molecule has 0 saturated heterocycles. The van der Waals surface area contributed by atoms with Gasteiger partial charge in [-0.3, -0.25) is 4.79 Å². The van der Waals surface area contributed by atoms with E-state index in [1.807, 2.05) is 32.0 Å². The van der Waals surface area contributed by atoms with Crippen molar-refractivity contribution in [3.63, 3.8) is 0 Å². The molecule has 1 amide bonds. The van der Waals surface area contributed by atoms with E-state index in [1.54, 1.807) is 6.07 Å². The standard InChI is InChI=1S/C14H19N5OS/c1-8(15)7-17-10-3-4-11(14(16)20)12(6-10)18-13-5-9(2)19-21-13/h3-6,8,17-18H,7,15H2,1-2H3,(H2,16,20)/t8-/m0/s1. The van der Waals surface area contributed by atoms with Crippen molar-refractivity contribution in [3.05, 3.63) is 35.5 Å². The monoisotopic (exact) mass is 305 g/mol. The number of nitrogens with one attached hydrogen (secondary N) is 2. The molecule has 0 spiro atoms. The Balaban J connectivity index is 2.26. The Labute approximate surface area is 127 Å². The highest BCUT2D eigenvalue weighted by atomic mass is 32.1. The molecule has 0 radical (unpaired) electrons. The summed E-state index contributed by atoms with van der Waals surface area (Å²) in [5.41, 5.74) is 14.0. The predicted octanol–water partition coefficient (Wildman–Crippen LogP) is 2.05. The molecule has 0 aliphatic rings. The number of rotatable bonds is 6. The number of benzene rings is 1. The number of primary amides is 1. The molecule has 0 aliphatic carbocycles. The van der Waals surface area contributed by atoms with Crippen LogP contribution in [0.4, 0.5) is 16.4 Å². The smallest absolute Gasteiger partial charge is 0.250 e. The molecule has 7 heteroatoms. The number of carbonyl (C=O) groups excluding carboxylic acids is 1. The van der Waals surface area contributed by atoms with Gasteiger partial charge in [-0.15, -0.1) is 0 Å². The van der Waals surface area contributed by atoms with Crippen molar-refractivity contribution in [1.82, 2.24) is 4.37 Å². The molecule has 0 bridgehead atoms. The number of aromatic nitrogens is 1. The summed E-state index contributed by atoms with van der Waals surface area (Å²) in [6, 6.07) is 7.31. The summed E-state index contributed by atoms with van der Waals surface area (Å²) in [5, 5.41) is 7.26. The lowest BCUT2D eigenvalue weighted by Crippen LogP contribution is -2.25. The fourth-order valence-electron chi connectivity index (χ4n) is 1.81. The van der Waals surface area contributed by atoms with Crippen LogP contribution < -0.4 is 22.1 Å². The van der Waals surface area contributed by atoms with E-state index in [2.05, 4.69) is 15.0 Å². The van der Waals surface area contributed by atoms with E-state index >= 15 is 0 Å². The maximum atomic E-state index is 11.5. The number of aryl methyl sites for hydroxylation is 1. The molecule has 6 nitrogen and oxygen atoms in total. The SMILES string of the molecule is Cc1cc(Nc2cc(NC[C@H](C)N)ccc2C(N)=O)sn1. The molecule has 112 valence electrons. The molecule has 0 aliphatic heterocycles. The molecule has 0 saturated carbocycles. The Hall–Kier alpha value is -2.12. The Bertz CT molecular complexity index is 638. The van der Waals surface area contributed by atoms with Gasteiger partial charge in [0.05, 0.1) is 16.9 Å². The molecule has 0 unspecified atom stereocenters. The molecule has 1 aromatic heterocycles. The third-order valence-corrected chi connectivity index (χ3v) is 3.59. The van der Waals surface area contributed by atoms with Crippen LogP contribution in [-0.4, -0.2) is 22.9 Å². The Kier molecular flexibility index (Phi) is 4.77. The van der Waals surface area contributed by atoms with E-state index in [9.17, 15) is 4.79 Å². The number of nitrogens with two attached hydrogens (primary N) is 2. The number of amides is 1. The lowest BCUT2D eigenvalue weighted by molar-refractivity contribution is 0.100. The summed E-state index contributed by atoms with van der Waals surface area (Å²) in [6.45, 7) is 4.48. The third-order valence-electron chi connectivity index (χ3n) is 2.80. The van der Waals surface area contributed by atoms with E-state index in [4.69, 9.17) is 11.5 Å².